The van der Waals surface area contributed by atoms with Gasteiger partial charge in [-0.25, -0.2) is 0 Å². The standard InChI is InChI=1S/C28H19F17P.ClH3Si/c29-21(30,22(31,32)23(33,34)24(35,36)25(37,38)26(39,40)27(41,42)28(43,44)45)16-17-46(18-10-4-1-5-11-18,19-12-6-2-7-13-19)20-14-8-3-9-15-20;1-2/h1-15H,16-17H2;2H3/q+1;. The van der Waals surface area contributed by atoms with Crippen LogP contribution in [0, 0.1) is 0 Å². The molecule has 3 rings (SSSR count). The van der Waals surface area contributed by atoms with E-state index in [2.05, 4.69) is 0 Å². The van der Waals surface area contributed by atoms with Crippen molar-refractivity contribution < 1.29 is 74.6 Å². The van der Waals surface area contributed by atoms with E-state index in [9.17, 15) is 65.9 Å². The molecule has 0 aromatic heterocycles. The molecule has 0 saturated carbocycles. The van der Waals surface area contributed by atoms with Crippen LogP contribution in [0.4, 0.5) is 74.6 Å². The Morgan fingerprint density at radius 2 is 0.646 bits per heavy atom. The van der Waals surface area contributed by atoms with Crippen molar-refractivity contribution in [1.82, 2.24) is 0 Å². The second kappa shape index (κ2) is 14.0. The Bertz CT molecular complexity index is 1370. The van der Waals surface area contributed by atoms with Gasteiger partial charge in [0.25, 0.3) is 0 Å². The van der Waals surface area contributed by atoms with Crippen LogP contribution in [0.5, 0.6) is 0 Å². The predicted octanol–water partition coefficient (Wildman–Crippen LogP) is 8.89. The largest absolute Gasteiger partial charge is 0.460 e. The number of hydrogen-bond donors (Lipinski definition) is 0. The second-order valence-corrected chi connectivity index (χ2v) is 13.6. The first kappa shape index (κ1) is 41.6. The fourth-order valence-corrected chi connectivity index (χ4v) is 8.87. The molecule has 0 aliphatic carbocycles. The predicted molar refractivity (Wildman–Crippen MR) is 151 cm³/mol. The van der Waals surface area contributed by atoms with E-state index >= 15 is 8.78 Å². The normalized spacial score (nSPS) is 14.4. The molecule has 20 heteroatoms. The molecule has 0 unspecified atom stereocenters. The maximum atomic E-state index is 15.1. The van der Waals surface area contributed by atoms with Gasteiger partial charge in [0.05, 0.1) is 12.6 Å². The highest BCUT2D eigenvalue weighted by Gasteiger charge is 2.95. The Labute approximate surface area is 269 Å². The van der Waals surface area contributed by atoms with Crippen molar-refractivity contribution in [3.63, 3.8) is 0 Å². The number of hydrogen-bond acceptors (Lipinski definition) is 0. The molecular formula is C28H22ClF17PSi+. The number of benzene rings is 3. The van der Waals surface area contributed by atoms with Crippen LogP contribution >= 0.6 is 18.3 Å². The summed E-state index contributed by atoms with van der Waals surface area (Å²) in [5.74, 6) is -56.5. The van der Waals surface area contributed by atoms with Crippen molar-refractivity contribution >= 4 is 43.8 Å². The Kier molecular flexibility index (Phi) is 12.1. The molecule has 0 fully saturated rings. The Morgan fingerprint density at radius 3 is 0.917 bits per heavy atom. The lowest BCUT2D eigenvalue weighted by molar-refractivity contribution is -0.461. The number of alkyl halides is 17. The van der Waals surface area contributed by atoms with Gasteiger partial charge in [0.2, 0.25) is 0 Å². The molecule has 3 aromatic carbocycles. The van der Waals surface area contributed by atoms with E-state index < -0.39 is 67.5 Å². The van der Waals surface area contributed by atoms with Crippen LogP contribution in [-0.4, -0.2) is 63.3 Å². The van der Waals surface area contributed by atoms with E-state index in [1.807, 2.05) is 0 Å². The minimum Gasteiger partial charge on any atom is -0.199 e. The summed E-state index contributed by atoms with van der Waals surface area (Å²) in [6.07, 6.45) is -11.6. The molecule has 0 N–H and O–H groups in total. The van der Waals surface area contributed by atoms with Crippen LogP contribution in [-0.2, 0) is 0 Å². The molecule has 0 aliphatic rings. The number of rotatable bonds is 12. The van der Waals surface area contributed by atoms with Crippen LogP contribution in [0.25, 0.3) is 0 Å². The van der Waals surface area contributed by atoms with Crippen LogP contribution in [0.15, 0.2) is 91.0 Å². The van der Waals surface area contributed by atoms with E-state index in [1.165, 1.54) is 91.0 Å². The van der Waals surface area contributed by atoms with Crippen LogP contribution in [0.3, 0.4) is 0 Å². The lowest BCUT2D eigenvalue weighted by atomic mass is 9.88. The van der Waals surface area contributed by atoms with E-state index in [-0.39, 0.29) is 15.9 Å². The first-order valence-electron chi connectivity index (χ1n) is 12.9. The van der Waals surface area contributed by atoms with E-state index in [0.717, 1.165) is 9.55 Å². The molecule has 0 atom stereocenters. The zero-order chi connectivity index (χ0) is 37.3. The van der Waals surface area contributed by atoms with Gasteiger partial charge in [-0.15, -0.1) is 0 Å². The average Bonchev–Trinajstić information content (AvgIpc) is 3.02. The third kappa shape index (κ3) is 6.52. The molecule has 0 heterocycles. The minimum absolute atomic E-state index is 0.157. The van der Waals surface area contributed by atoms with E-state index in [0.29, 0.717) is 0 Å². The smallest absolute Gasteiger partial charge is 0.199 e. The van der Waals surface area contributed by atoms with Gasteiger partial charge in [0, 0.05) is 0 Å². The molecule has 0 spiro atoms. The Morgan fingerprint density at radius 1 is 0.396 bits per heavy atom. The number of halogens is 18. The van der Waals surface area contributed by atoms with Gasteiger partial charge in [-0.1, -0.05) is 54.6 Å². The highest BCUT2D eigenvalue weighted by molar-refractivity contribution is 7.95. The monoisotopic (exact) mass is 775 g/mol. The van der Waals surface area contributed by atoms with Crippen molar-refractivity contribution in [2.24, 2.45) is 0 Å². The molecule has 0 amide bonds. The molecule has 268 valence electrons. The molecular weight excluding hydrogens is 754 g/mol. The van der Waals surface area contributed by atoms with Gasteiger partial charge >= 0.3 is 47.6 Å². The molecule has 0 saturated heterocycles. The maximum Gasteiger partial charge on any atom is 0.460 e. The lowest BCUT2D eigenvalue weighted by Gasteiger charge is -2.43. The van der Waals surface area contributed by atoms with Gasteiger partial charge in [-0.05, 0) is 36.4 Å². The summed E-state index contributed by atoms with van der Waals surface area (Å²) in [7, 11) is -2.87. The molecule has 0 nitrogen and oxygen atoms in total. The third-order valence-corrected chi connectivity index (χ3v) is 11.6. The molecule has 48 heavy (non-hydrogen) atoms. The van der Waals surface area contributed by atoms with Gasteiger partial charge in [0.15, 0.2) is 0 Å². The highest BCUT2D eigenvalue weighted by Crippen LogP contribution is 2.65. The highest BCUT2D eigenvalue weighted by atomic mass is 35.6. The molecule has 0 aliphatic heterocycles. The maximum absolute atomic E-state index is 15.1. The van der Waals surface area contributed by atoms with Crippen molar-refractivity contribution in [2.75, 3.05) is 6.16 Å². The third-order valence-electron chi connectivity index (χ3n) is 7.14. The topological polar surface area (TPSA) is 0 Å². The summed E-state index contributed by atoms with van der Waals surface area (Å²) in [5.41, 5.74) is 0. The van der Waals surface area contributed by atoms with Crippen molar-refractivity contribution in [3.8, 4) is 0 Å². The van der Waals surface area contributed by atoms with Gasteiger partial charge < -0.3 is 0 Å². The van der Waals surface area contributed by atoms with E-state index in [1.54, 1.807) is 0 Å². The van der Waals surface area contributed by atoms with Crippen molar-refractivity contribution in [3.05, 3.63) is 91.0 Å². The minimum atomic E-state index is -8.66. The van der Waals surface area contributed by atoms with E-state index in [4.69, 9.17) is 11.1 Å². The van der Waals surface area contributed by atoms with Gasteiger partial charge in [-0.2, -0.15) is 85.7 Å². The summed E-state index contributed by atoms with van der Waals surface area (Å²) in [4.78, 5) is 0. The zero-order valence-electron chi connectivity index (χ0n) is 23.8. The summed E-state index contributed by atoms with van der Waals surface area (Å²) in [5, 5.41) is 0.470. The van der Waals surface area contributed by atoms with Crippen LogP contribution in [0.1, 0.15) is 6.42 Å². The van der Waals surface area contributed by atoms with Crippen molar-refractivity contribution in [1.29, 1.82) is 0 Å². The van der Waals surface area contributed by atoms with Gasteiger partial charge in [0.1, 0.15) is 32.7 Å². The average molecular weight is 776 g/mol. The first-order valence-corrected chi connectivity index (χ1v) is 17.9. The lowest BCUT2D eigenvalue weighted by Crippen LogP contribution is -2.74. The van der Waals surface area contributed by atoms with Crippen LogP contribution in [0.2, 0.25) is 0 Å². The summed E-state index contributed by atoms with van der Waals surface area (Å²) >= 11 is 4.78. The summed E-state index contributed by atoms with van der Waals surface area (Å²) in [6, 6.07) is 20.7. The fourth-order valence-electron chi connectivity index (χ4n) is 4.54. The fraction of sp³-hybridized carbons (Fsp3) is 0.357. The summed E-state index contributed by atoms with van der Waals surface area (Å²) in [6.45, 7) is 0. The Balaban J connectivity index is 0.00000392. The molecule has 0 radical (unpaired) electrons. The van der Waals surface area contributed by atoms with Gasteiger partial charge in [-0.3, -0.25) is 0 Å². The second-order valence-electron chi connectivity index (χ2n) is 9.94. The quantitative estimate of drug-likeness (QED) is 0.0747. The summed E-state index contributed by atoms with van der Waals surface area (Å²) < 4.78 is 235. The first-order chi connectivity index (χ1) is 21.8. The SMILES string of the molecule is FC(F)(F)C(F)(F)C(F)(F)C(F)(F)C(F)(F)C(F)(F)C(F)(F)C(F)(F)CC[P+](c1ccccc1)(c1ccccc1)c1ccccc1.[SiH3]Cl. The van der Waals surface area contributed by atoms with Crippen molar-refractivity contribution in [2.45, 2.75) is 54.1 Å². The molecule has 3 aromatic rings. The van der Waals surface area contributed by atoms with Crippen LogP contribution < -0.4 is 15.9 Å². The molecule has 0 bridgehead atoms. The Hall–Kier alpha value is -2.59. The zero-order valence-corrected chi connectivity index (χ0v) is 27.5.